The second kappa shape index (κ2) is 3.83. The minimum absolute atomic E-state index is 0.0306. The highest BCUT2D eigenvalue weighted by atomic mass is 19.2. The number of hydrogen-bond donors (Lipinski definition) is 0. The topological polar surface area (TPSA) is 18.5 Å². The van der Waals surface area contributed by atoms with Crippen LogP contribution in [-0.2, 0) is 9.47 Å². The van der Waals surface area contributed by atoms with E-state index in [-0.39, 0.29) is 11.1 Å². The minimum atomic E-state index is -1.48. The van der Waals surface area contributed by atoms with Crippen molar-refractivity contribution in [2.24, 2.45) is 0 Å². The van der Waals surface area contributed by atoms with Gasteiger partial charge in [0.1, 0.15) is 0 Å². The number of aryl methyl sites for hydroxylation is 1. The normalized spacial score (nSPS) is 17.3. The second-order valence-electron chi connectivity index (χ2n) is 3.30. The molecule has 0 N–H and O–H groups in total. The number of benzene rings is 1. The summed E-state index contributed by atoms with van der Waals surface area (Å²) < 4.78 is 49.4. The van der Waals surface area contributed by atoms with Crippen LogP contribution in [-0.4, -0.2) is 13.2 Å². The molecule has 0 spiro atoms. The first-order chi connectivity index (χ1) is 7.11. The Morgan fingerprint density at radius 2 is 1.67 bits per heavy atom. The van der Waals surface area contributed by atoms with Crippen molar-refractivity contribution in [3.8, 4) is 0 Å². The molecule has 5 heteroatoms. The lowest BCUT2D eigenvalue weighted by Crippen LogP contribution is -2.06. The van der Waals surface area contributed by atoms with Crippen molar-refractivity contribution in [1.82, 2.24) is 0 Å². The van der Waals surface area contributed by atoms with Crippen molar-refractivity contribution in [3.63, 3.8) is 0 Å². The Morgan fingerprint density at radius 1 is 1.07 bits per heavy atom. The zero-order valence-corrected chi connectivity index (χ0v) is 8.02. The van der Waals surface area contributed by atoms with Crippen molar-refractivity contribution in [2.45, 2.75) is 13.2 Å². The van der Waals surface area contributed by atoms with Crippen molar-refractivity contribution < 1.29 is 22.6 Å². The van der Waals surface area contributed by atoms with E-state index in [2.05, 4.69) is 0 Å². The van der Waals surface area contributed by atoms with Crippen LogP contribution in [0.3, 0.4) is 0 Å². The Kier molecular flexibility index (Phi) is 2.67. The molecule has 0 saturated carbocycles. The van der Waals surface area contributed by atoms with Gasteiger partial charge in [0.15, 0.2) is 23.7 Å². The molecule has 15 heavy (non-hydrogen) atoms. The SMILES string of the molecule is Cc1cc(C2OCCO2)c(F)c(F)c1F. The van der Waals surface area contributed by atoms with Crippen molar-refractivity contribution in [2.75, 3.05) is 13.2 Å². The summed E-state index contributed by atoms with van der Waals surface area (Å²) in [4.78, 5) is 0. The summed E-state index contributed by atoms with van der Waals surface area (Å²) in [6.07, 6.45) is -0.932. The smallest absolute Gasteiger partial charge is 0.195 e. The van der Waals surface area contributed by atoms with Gasteiger partial charge in [-0.15, -0.1) is 0 Å². The van der Waals surface area contributed by atoms with E-state index in [9.17, 15) is 13.2 Å². The van der Waals surface area contributed by atoms with E-state index < -0.39 is 23.7 Å². The number of ether oxygens (including phenoxy) is 2. The molecule has 0 aliphatic carbocycles. The molecule has 2 rings (SSSR count). The van der Waals surface area contributed by atoms with Crippen LogP contribution in [0.15, 0.2) is 6.07 Å². The molecule has 1 aliphatic heterocycles. The van der Waals surface area contributed by atoms with Crippen LogP contribution in [0.25, 0.3) is 0 Å². The van der Waals surface area contributed by atoms with Crippen molar-refractivity contribution >= 4 is 0 Å². The average Bonchev–Trinajstić information content (AvgIpc) is 2.73. The fraction of sp³-hybridized carbons (Fsp3) is 0.400. The van der Waals surface area contributed by atoms with Gasteiger partial charge in [0.25, 0.3) is 0 Å². The van der Waals surface area contributed by atoms with Crippen LogP contribution in [0.4, 0.5) is 13.2 Å². The van der Waals surface area contributed by atoms with Crippen LogP contribution < -0.4 is 0 Å². The Morgan fingerprint density at radius 3 is 2.27 bits per heavy atom. The van der Waals surface area contributed by atoms with Gasteiger partial charge in [0.05, 0.1) is 13.2 Å². The number of halogens is 3. The zero-order chi connectivity index (χ0) is 11.0. The van der Waals surface area contributed by atoms with Gasteiger partial charge in [-0.05, 0) is 18.6 Å². The Hall–Kier alpha value is -1.07. The molecule has 1 aromatic carbocycles. The molecule has 1 fully saturated rings. The van der Waals surface area contributed by atoms with Crippen LogP contribution in [0.5, 0.6) is 0 Å². The fourth-order valence-corrected chi connectivity index (χ4v) is 1.47. The highest BCUT2D eigenvalue weighted by Gasteiger charge is 2.26. The van der Waals surface area contributed by atoms with E-state index in [0.717, 1.165) is 0 Å². The Labute approximate surface area is 84.6 Å². The second-order valence-corrected chi connectivity index (χ2v) is 3.30. The van der Waals surface area contributed by atoms with Crippen LogP contribution in [0.2, 0.25) is 0 Å². The maximum atomic E-state index is 13.3. The third-order valence-corrected chi connectivity index (χ3v) is 2.23. The van der Waals surface area contributed by atoms with Gasteiger partial charge in [-0.1, -0.05) is 0 Å². The molecule has 2 nitrogen and oxygen atoms in total. The molecule has 0 aromatic heterocycles. The molecule has 1 saturated heterocycles. The van der Waals surface area contributed by atoms with E-state index in [1.807, 2.05) is 0 Å². The number of hydrogen-bond acceptors (Lipinski definition) is 2. The first kappa shape index (κ1) is 10.4. The van der Waals surface area contributed by atoms with Crippen LogP contribution in [0.1, 0.15) is 17.4 Å². The molecule has 0 unspecified atom stereocenters. The van der Waals surface area contributed by atoms with E-state index in [4.69, 9.17) is 9.47 Å². The van der Waals surface area contributed by atoms with Gasteiger partial charge in [-0.2, -0.15) is 0 Å². The summed E-state index contributed by atoms with van der Waals surface area (Å²) >= 11 is 0. The lowest BCUT2D eigenvalue weighted by atomic mass is 10.1. The zero-order valence-electron chi connectivity index (χ0n) is 8.02. The number of rotatable bonds is 1. The van der Waals surface area contributed by atoms with Crippen LogP contribution in [0, 0.1) is 24.4 Å². The summed E-state index contributed by atoms with van der Waals surface area (Å²) in [7, 11) is 0. The summed E-state index contributed by atoms with van der Waals surface area (Å²) in [6.45, 7) is 2.00. The highest BCUT2D eigenvalue weighted by Crippen LogP contribution is 2.29. The maximum absolute atomic E-state index is 13.3. The summed E-state index contributed by atoms with van der Waals surface area (Å²) in [5, 5.41) is 0. The van der Waals surface area contributed by atoms with Crippen molar-refractivity contribution in [1.29, 1.82) is 0 Å². The molecular formula is C10H9F3O2. The van der Waals surface area contributed by atoms with E-state index in [1.165, 1.54) is 13.0 Å². The summed E-state index contributed by atoms with van der Waals surface area (Å²) in [5.74, 6) is -3.90. The lowest BCUT2D eigenvalue weighted by Gasteiger charge is -2.12. The molecule has 82 valence electrons. The molecule has 1 aliphatic rings. The maximum Gasteiger partial charge on any atom is 0.195 e. The molecule has 0 radical (unpaired) electrons. The highest BCUT2D eigenvalue weighted by molar-refractivity contribution is 5.28. The third kappa shape index (κ3) is 1.72. The largest absolute Gasteiger partial charge is 0.346 e. The van der Waals surface area contributed by atoms with E-state index in [1.54, 1.807) is 0 Å². The Bertz CT molecular complexity index is 387. The summed E-state index contributed by atoms with van der Waals surface area (Å²) in [5.41, 5.74) is -0.0631. The van der Waals surface area contributed by atoms with Gasteiger partial charge in [-0.25, -0.2) is 13.2 Å². The Balaban J connectivity index is 2.47. The molecule has 0 amide bonds. The lowest BCUT2D eigenvalue weighted by molar-refractivity contribution is -0.0470. The molecule has 1 aromatic rings. The van der Waals surface area contributed by atoms with Crippen molar-refractivity contribution in [3.05, 3.63) is 34.6 Å². The first-order valence-corrected chi connectivity index (χ1v) is 4.48. The molecule has 0 bridgehead atoms. The summed E-state index contributed by atoms with van der Waals surface area (Å²) in [6, 6.07) is 1.20. The minimum Gasteiger partial charge on any atom is -0.346 e. The van der Waals surface area contributed by atoms with Gasteiger partial charge in [0, 0.05) is 5.56 Å². The van der Waals surface area contributed by atoms with Gasteiger partial charge in [-0.3, -0.25) is 0 Å². The monoisotopic (exact) mass is 218 g/mol. The quantitative estimate of drug-likeness (QED) is 0.674. The molecular weight excluding hydrogens is 209 g/mol. The predicted molar refractivity (Wildman–Crippen MR) is 45.7 cm³/mol. The molecule has 1 heterocycles. The first-order valence-electron chi connectivity index (χ1n) is 4.48. The van der Waals surface area contributed by atoms with E-state index in [0.29, 0.717) is 13.2 Å². The van der Waals surface area contributed by atoms with Gasteiger partial charge >= 0.3 is 0 Å². The van der Waals surface area contributed by atoms with Gasteiger partial charge in [0.2, 0.25) is 0 Å². The standard InChI is InChI=1S/C10H9F3O2/c1-5-4-6(10-14-2-3-15-10)8(12)9(13)7(5)11/h4,10H,2-3H2,1H3. The fourth-order valence-electron chi connectivity index (χ4n) is 1.47. The van der Waals surface area contributed by atoms with Gasteiger partial charge < -0.3 is 9.47 Å². The van der Waals surface area contributed by atoms with E-state index >= 15 is 0 Å². The van der Waals surface area contributed by atoms with Crippen LogP contribution >= 0.6 is 0 Å². The third-order valence-electron chi connectivity index (χ3n) is 2.23. The predicted octanol–water partition coefficient (Wildman–Crippen LogP) is 2.46. The average molecular weight is 218 g/mol. The molecule has 0 atom stereocenters.